The van der Waals surface area contributed by atoms with Crippen LogP contribution in [0.5, 0.6) is 0 Å². The molecule has 0 aromatic heterocycles. The van der Waals surface area contributed by atoms with Gasteiger partial charge in [0, 0.05) is 0 Å². The highest BCUT2D eigenvalue weighted by Gasteiger charge is 2.35. The molecule has 1 aromatic rings. The van der Waals surface area contributed by atoms with Crippen LogP contribution in [0.15, 0.2) is 24.3 Å². The maximum Gasteiger partial charge on any atom is 0.439 e. The van der Waals surface area contributed by atoms with Crippen molar-refractivity contribution in [3.8, 4) is 0 Å². The summed E-state index contributed by atoms with van der Waals surface area (Å²) in [6, 6.07) is 7.62. The SMILES string of the molecule is Cc1ccc(CCC(=N)SC(=N)C(F)(F)F)cc1. The molecule has 0 radical (unpaired) electrons. The molecule has 0 aliphatic carbocycles. The fourth-order valence-corrected chi connectivity index (χ4v) is 1.81. The predicted molar refractivity (Wildman–Crippen MR) is 68.6 cm³/mol. The van der Waals surface area contributed by atoms with Crippen LogP contribution in [0, 0.1) is 17.7 Å². The highest BCUT2D eigenvalue weighted by Crippen LogP contribution is 2.25. The third-order valence-corrected chi connectivity index (χ3v) is 3.13. The first kappa shape index (κ1) is 14.8. The van der Waals surface area contributed by atoms with E-state index in [-0.39, 0.29) is 23.2 Å². The van der Waals surface area contributed by atoms with Crippen LogP contribution < -0.4 is 0 Å². The van der Waals surface area contributed by atoms with Gasteiger partial charge in [0.25, 0.3) is 0 Å². The van der Waals surface area contributed by atoms with Crippen molar-refractivity contribution in [2.45, 2.75) is 25.9 Å². The molecule has 0 spiro atoms. The molecule has 0 fully saturated rings. The summed E-state index contributed by atoms with van der Waals surface area (Å²) >= 11 is 0.171. The fourth-order valence-electron chi connectivity index (χ4n) is 1.24. The van der Waals surface area contributed by atoms with Crippen LogP contribution in [-0.4, -0.2) is 16.3 Å². The largest absolute Gasteiger partial charge is 0.439 e. The molecule has 0 heterocycles. The van der Waals surface area contributed by atoms with Gasteiger partial charge in [-0.1, -0.05) is 41.6 Å². The number of thioether (sulfide) groups is 1. The second kappa shape index (κ2) is 6.04. The molecule has 1 aromatic carbocycles. The summed E-state index contributed by atoms with van der Waals surface area (Å²) in [5.74, 6) is 0. The first-order valence-electron chi connectivity index (χ1n) is 5.25. The van der Waals surface area contributed by atoms with Crippen LogP contribution in [0.25, 0.3) is 0 Å². The summed E-state index contributed by atoms with van der Waals surface area (Å²) < 4.78 is 36.2. The maximum absolute atomic E-state index is 12.1. The summed E-state index contributed by atoms with van der Waals surface area (Å²) in [6.45, 7) is 1.95. The zero-order valence-corrected chi connectivity index (χ0v) is 10.6. The third kappa shape index (κ3) is 4.91. The Bertz CT molecular complexity index is 438. The van der Waals surface area contributed by atoms with Gasteiger partial charge in [0.15, 0.2) is 5.04 Å². The van der Waals surface area contributed by atoms with Crippen molar-refractivity contribution in [1.82, 2.24) is 0 Å². The van der Waals surface area contributed by atoms with Crippen molar-refractivity contribution in [3.05, 3.63) is 35.4 Å². The number of nitrogens with one attached hydrogen (secondary N) is 2. The summed E-state index contributed by atoms with van der Waals surface area (Å²) in [5.41, 5.74) is 2.09. The standard InChI is InChI=1S/C12H13F3N2S/c1-8-2-4-9(5-3-8)6-7-10(16)18-11(17)12(13,14)15/h2-5,16-17H,6-7H2,1H3. The Morgan fingerprint density at radius 2 is 1.72 bits per heavy atom. The average molecular weight is 274 g/mol. The number of hydrogen-bond donors (Lipinski definition) is 2. The molecule has 18 heavy (non-hydrogen) atoms. The molecule has 1 rings (SSSR count). The minimum absolute atomic E-state index is 0.141. The molecule has 0 bridgehead atoms. The van der Waals surface area contributed by atoms with E-state index in [9.17, 15) is 13.2 Å². The molecule has 98 valence electrons. The molecular weight excluding hydrogens is 261 g/mol. The van der Waals surface area contributed by atoms with E-state index in [0.717, 1.165) is 11.1 Å². The lowest BCUT2D eigenvalue weighted by Crippen LogP contribution is -2.20. The van der Waals surface area contributed by atoms with Gasteiger partial charge in [0.1, 0.15) is 0 Å². The quantitative estimate of drug-likeness (QED) is 0.630. The van der Waals surface area contributed by atoms with E-state index in [0.29, 0.717) is 6.42 Å². The van der Waals surface area contributed by atoms with Crippen molar-refractivity contribution in [2.24, 2.45) is 0 Å². The highest BCUT2D eigenvalue weighted by atomic mass is 32.2. The van der Waals surface area contributed by atoms with E-state index in [1.54, 1.807) is 0 Å². The van der Waals surface area contributed by atoms with Crippen LogP contribution in [0.4, 0.5) is 13.2 Å². The second-order valence-corrected chi connectivity index (χ2v) is 4.94. The minimum Gasteiger partial charge on any atom is -0.298 e. The zero-order chi connectivity index (χ0) is 13.8. The van der Waals surface area contributed by atoms with E-state index in [1.165, 1.54) is 0 Å². The Labute approximate surface area is 108 Å². The first-order valence-corrected chi connectivity index (χ1v) is 6.07. The van der Waals surface area contributed by atoms with Crippen LogP contribution >= 0.6 is 11.8 Å². The van der Waals surface area contributed by atoms with Crippen molar-refractivity contribution >= 4 is 21.8 Å². The van der Waals surface area contributed by atoms with Crippen molar-refractivity contribution < 1.29 is 13.2 Å². The van der Waals surface area contributed by atoms with E-state index >= 15 is 0 Å². The van der Waals surface area contributed by atoms with E-state index < -0.39 is 11.2 Å². The summed E-state index contributed by atoms with van der Waals surface area (Å²) in [5, 5.41) is 12.6. The van der Waals surface area contributed by atoms with Gasteiger partial charge < -0.3 is 0 Å². The molecule has 0 atom stereocenters. The van der Waals surface area contributed by atoms with Crippen molar-refractivity contribution in [3.63, 3.8) is 0 Å². The molecule has 0 saturated carbocycles. The molecule has 6 heteroatoms. The van der Waals surface area contributed by atoms with Crippen LogP contribution in [-0.2, 0) is 6.42 Å². The fraction of sp³-hybridized carbons (Fsp3) is 0.333. The monoisotopic (exact) mass is 274 g/mol. The Hall–Kier alpha value is -1.30. The summed E-state index contributed by atoms with van der Waals surface area (Å²) in [4.78, 5) is 0. The van der Waals surface area contributed by atoms with Gasteiger partial charge in [-0.05, 0) is 25.3 Å². The molecule has 0 amide bonds. The van der Waals surface area contributed by atoms with Gasteiger partial charge in [-0.3, -0.25) is 10.8 Å². The number of aryl methyl sites for hydroxylation is 2. The molecular formula is C12H13F3N2S. The number of halogens is 3. The molecule has 0 aliphatic rings. The minimum atomic E-state index is -4.65. The normalized spacial score (nSPS) is 11.3. The molecule has 2 N–H and O–H groups in total. The van der Waals surface area contributed by atoms with E-state index in [4.69, 9.17) is 10.8 Å². The first-order chi connectivity index (χ1) is 8.29. The Kier molecular flexibility index (Phi) is 4.95. The van der Waals surface area contributed by atoms with Gasteiger partial charge in [-0.15, -0.1) is 0 Å². The molecule has 0 unspecified atom stereocenters. The van der Waals surface area contributed by atoms with E-state index in [1.807, 2.05) is 31.2 Å². The van der Waals surface area contributed by atoms with Crippen molar-refractivity contribution in [2.75, 3.05) is 0 Å². The third-order valence-electron chi connectivity index (χ3n) is 2.24. The second-order valence-electron chi connectivity index (χ2n) is 3.84. The predicted octanol–water partition coefficient (Wildman–Crippen LogP) is 4.18. The molecule has 2 nitrogen and oxygen atoms in total. The Morgan fingerprint density at radius 1 is 1.17 bits per heavy atom. The number of rotatable bonds is 3. The average Bonchev–Trinajstić information content (AvgIpc) is 2.27. The lowest BCUT2D eigenvalue weighted by Gasteiger charge is -2.08. The van der Waals surface area contributed by atoms with Crippen LogP contribution in [0.3, 0.4) is 0 Å². The maximum atomic E-state index is 12.1. The van der Waals surface area contributed by atoms with Crippen molar-refractivity contribution in [1.29, 1.82) is 10.8 Å². The number of alkyl halides is 3. The molecule has 0 saturated heterocycles. The van der Waals surface area contributed by atoms with Gasteiger partial charge in [-0.25, -0.2) is 0 Å². The lowest BCUT2D eigenvalue weighted by atomic mass is 10.1. The summed E-state index contributed by atoms with van der Waals surface area (Å²) in [6.07, 6.45) is -3.93. The highest BCUT2D eigenvalue weighted by molar-refractivity contribution is 8.26. The number of benzene rings is 1. The van der Waals surface area contributed by atoms with Gasteiger partial charge >= 0.3 is 6.18 Å². The van der Waals surface area contributed by atoms with Gasteiger partial charge in [0.2, 0.25) is 0 Å². The number of hydrogen-bond acceptors (Lipinski definition) is 3. The van der Waals surface area contributed by atoms with Gasteiger partial charge in [0.05, 0.1) is 5.04 Å². The van der Waals surface area contributed by atoms with Gasteiger partial charge in [-0.2, -0.15) is 13.2 Å². The Morgan fingerprint density at radius 3 is 2.22 bits per heavy atom. The van der Waals surface area contributed by atoms with Crippen LogP contribution in [0.2, 0.25) is 0 Å². The summed E-state index contributed by atoms with van der Waals surface area (Å²) in [7, 11) is 0. The lowest BCUT2D eigenvalue weighted by molar-refractivity contribution is -0.0560. The smallest absolute Gasteiger partial charge is 0.298 e. The van der Waals surface area contributed by atoms with E-state index in [2.05, 4.69) is 0 Å². The van der Waals surface area contributed by atoms with Crippen LogP contribution in [0.1, 0.15) is 17.5 Å². The Balaban J connectivity index is 2.42. The topological polar surface area (TPSA) is 47.7 Å². The zero-order valence-electron chi connectivity index (χ0n) is 9.77. The molecule has 0 aliphatic heterocycles.